The van der Waals surface area contributed by atoms with E-state index in [2.05, 4.69) is 37.9 Å². The first-order valence-corrected chi connectivity index (χ1v) is 8.77. The van der Waals surface area contributed by atoms with Gasteiger partial charge in [0.05, 0.1) is 6.16 Å². The molecule has 0 heterocycles. The summed E-state index contributed by atoms with van der Waals surface area (Å²) in [7, 11) is -3.90. The third kappa shape index (κ3) is 5.11. The highest BCUT2D eigenvalue weighted by Crippen LogP contribution is 2.35. The Labute approximate surface area is 112 Å². The molecule has 0 unspecified atom stereocenters. The lowest BCUT2D eigenvalue weighted by atomic mass is 10.1. The summed E-state index contributed by atoms with van der Waals surface area (Å²) >= 11 is 6.75. The molecule has 0 saturated carbocycles. The molecule has 0 aliphatic heterocycles. The van der Waals surface area contributed by atoms with Crippen LogP contribution in [0.15, 0.2) is 18.2 Å². The highest BCUT2D eigenvalue weighted by atomic mass is 79.9. The summed E-state index contributed by atoms with van der Waals surface area (Å²) in [5, 5.41) is 1.49. The second-order valence-electron chi connectivity index (χ2n) is 3.56. The monoisotopic (exact) mass is 370 g/mol. The Balaban J connectivity index is 2.83. The number of aryl methyl sites for hydroxylation is 1. The van der Waals surface area contributed by atoms with E-state index >= 15 is 0 Å². The molecular weight excluding hydrogens is 359 g/mol. The second kappa shape index (κ2) is 6.31. The van der Waals surface area contributed by atoms with E-state index in [0.717, 1.165) is 27.4 Å². The molecule has 16 heavy (non-hydrogen) atoms. The van der Waals surface area contributed by atoms with Crippen LogP contribution in [0.3, 0.4) is 0 Å². The van der Waals surface area contributed by atoms with Crippen molar-refractivity contribution in [3.05, 3.63) is 34.9 Å². The van der Waals surface area contributed by atoms with Gasteiger partial charge in [-0.05, 0) is 23.1 Å². The Morgan fingerprint density at radius 3 is 1.81 bits per heavy atom. The molecule has 0 fully saturated rings. The lowest BCUT2D eigenvalue weighted by molar-refractivity contribution is 0.373. The minimum atomic E-state index is -3.90. The number of halogens is 2. The van der Waals surface area contributed by atoms with E-state index in [4.69, 9.17) is 9.79 Å². The summed E-state index contributed by atoms with van der Waals surface area (Å²) in [6, 6.07) is 6.00. The van der Waals surface area contributed by atoms with E-state index in [1.165, 1.54) is 0 Å². The number of rotatable bonds is 5. The predicted molar refractivity (Wildman–Crippen MR) is 72.3 cm³/mol. The molecule has 2 N–H and O–H groups in total. The van der Waals surface area contributed by atoms with Gasteiger partial charge in [0.25, 0.3) is 0 Å². The zero-order valence-corrected chi connectivity index (χ0v) is 12.6. The van der Waals surface area contributed by atoms with Crippen LogP contribution in [0, 0.1) is 0 Å². The Morgan fingerprint density at radius 1 is 1.00 bits per heavy atom. The predicted octanol–water partition coefficient (Wildman–Crippen LogP) is 3.20. The van der Waals surface area contributed by atoms with Gasteiger partial charge < -0.3 is 9.79 Å². The fourth-order valence-corrected chi connectivity index (χ4v) is 2.61. The first-order valence-electron chi connectivity index (χ1n) is 4.73. The molecule has 6 heteroatoms. The van der Waals surface area contributed by atoms with Crippen LogP contribution >= 0.6 is 39.5 Å². The molecule has 0 radical (unpaired) electrons. The number of alkyl halides is 2. The molecule has 90 valence electrons. The third-order valence-corrected chi connectivity index (χ3v) is 4.21. The van der Waals surface area contributed by atoms with Crippen LogP contribution in [-0.4, -0.2) is 15.9 Å². The first kappa shape index (κ1) is 14.4. The Kier molecular flexibility index (Phi) is 5.68. The normalized spacial score (nSPS) is 11.8. The topological polar surface area (TPSA) is 57.5 Å². The van der Waals surface area contributed by atoms with Gasteiger partial charge in [-0.1, -0.05) is 50.1 Å². The van der Waals surface area contributed by atoms with Crippen molar-refractivity contribution < 1.29 is 14.4 Å². The molecule has 0 aliphatic carbocycles. The molecule has 1 aromatic carbocycles. The van der Waals surface area contributed by atoms with Crippen molar-refractivity contribution in [3.8, 4) is 0 Å². The number of hydrogen-bond acceptors (Lipinski definition) is 1. The van der Waals surface area contributed by atoms with Gasteiger partial charge in [0.2, 0.25) is 0 Å². The van der Waals surface area contributed by atoms with Crippen molar-refractivity contribution in [1.29, 1.82) is 0 Å². The van der Waals surface area contributed by atoms with Crippen LogP contribution in [0.2, 0.25) is 0 Å². The molecule has 0 amide bonds. The molecule has 0 bridgehead atoms. The van der Waals surface area contributed by atoms with Gasteiger partial charge >= 0.3 is 7.60 Å². The van der Waals surface area contributed by atoms with Crippen molar-refractivity contribution in [2.45, 2.75) is 17.1 Å². The van der Waals surface area contributed by atoms with E-state index in [9.17, 15) is 4.57 Å². The molecular formula is C10H13Br2O3P. The number of benzene rings is 1. The Bertz CT molecular complexity index is 381. The van der Waals surface area contributed by atoms with Gasteiger partial charge in [0.1, 0.15) is 0 Å². The molecule has 0 atom stereocenters. The summed E-state index contributed by atoms with van der Waals surface area (Å²) < 4.78 is 10.8. The van der Waals surface area contributed by atoms with E-state index < -0.39 is 7.60 Å². The van der Waals surface area contributed by atoms with E-state index in [0.29, 0.717) is 6.42 Å². The first-order chi connectivity index (χ1) is 7.44. The lowest BCUT2D eigenvalue weighted by Crippen LogP contribution is -1.96. The highest BCUT2D eigenvalue weighted by molar-refractivity contribution is 9.08. The van der Waals surface area contributed by atoms with Crippen molar-refractivity contribution in [1.82, 2.24) is 0 Å². The maximum absolute atomic E-state index is 10.8. The van der Waals surface area contributed by atoms with Gasteiger partial charge in [-0.3, -0.25) is 4.57 Å². The maximum Gasteiger partial charge on any atom is 0.325 e. The molecule has 1 aromatic rings. The van der Waals surface area contributed by atoms with Crippen LogP contribution in [0.5, 0.6) is 0 Å². The molecule has 0 saturated heterocycles. The number of hydrogen-bond donors (Lipinski definition) is 2. The van der Waals surface area contributed by atoms with Crippen LogP contribution < -0.4 is 0 Å². The van der Waals surface area contributed by atoms with E-state index in [1.54, 1.807) is 0 Å². The van der Waals surface area contributed by atoms with Crippen LogP contribution in [-0.2, 0) is 21.6 Å². The summed E-state index contributed by atoms with van der Waals surface area (Å²) in [5.74, 6) is 0. The van der Waals surface area contributed by atoms with Gasteiger partial charge in [0.15, 0.2) is 0 Å². The molecule has 0 aliphatic rings. The average molecular weight is 372 g/mol. The summed E-state index contributed by atoms with van der Waals surface area (Å²) in [5.41, 5.74) is 3.21. The minimum absolute atomic E-state index is 0.0968. The lowest BCUT2D eigenvalue weighted by Gasteiger charge is -2.08. The quantitative estimate of drug-likeness (QED) is 0.617. The fourth-order valence-electron chi connectivity index (χ4n) is 1.41. The molecule has 0 aromatic heterocycles. The summed E-state index contributed by atoms with van der Waals surface area (Å²) in [6.07, 6.45) is 0.311. The second-order valence-corrected chi connectivity index (χ2v) is 6.46. The van der Waals surface area contributed by atoms with E-state index in [-0.39, 0.29) is 6.16 Å². The standard InChI is InChI=1S/C10H13Br2O3P/c11-6-9-3-8(1-2-16(13,14)15)4-10(5-9)7-12/h3-5H,1-2,6-7H2,(H2,13,14,15). The Morgan fingerprint density at radius 2 is 1.44 bits per heavy atom. The van der Waals surface area contributed by atoms with Gasteiger partial charge in [-0.2, -0.15) is 0 Å². The highest BCUT2D eigenvalue weighted by Gasteiger charge is 2.12. The van der Waals surface area contributed by atoms with Crippen molar-refractivity contribution in [2.75, 3.05) is 6.16 Å². The smallest absolute Gasteiger partial charge is 0.324 e. The summed E-state index contributed by atoms with van der Waals surface area (Å²) in [4.78, 5) is 17.6. The summed E-state index contributed by atoms with van der Waals surface area (Å²) in [6.45, 7) is 0. The van der Waals surface area contributed by atoms with Crippen LogP contribution in [0.4, 0.5) is 0 Å². The van der Waals surface area contributed by atoms with Gasteiger partial charge in [-0.15, -0.1) is 0 Å². The largest absolute Gasteiger partial charge is 0.325 e. The zero-order valence-electron chi connectivity index (χ0n) is 8.57. The molecule has 1 rings (SSSR count). The zero-order chi connectivity index (χ0) is 12.2. The van der Waals surface area contributed by atoms with Crippen molar-refractivity contribution >= 4 is 39.5 Å². The fraction of sp³-hybridized carbons (Fsp3) is 0.400. The van der Waals surface area contributed by atoms with Crippen LogP contribution in [0.1, 0.15) is 16.7 Å². The maximum atomic E-state index is 10.8. The van der Waals surface area contributed by atoms with Crippen LogP contribution in [0.25, 0.3) is 0 Å². The van der Waals surface area contributed by atoms with Crippen molar-refractivity contribution in [2.24, 2.45) is 0 Å². The average Bonchev–Trinajstić information content (AvgIpc) is 2.25. The Hall–Kier alpha value is 0.330. The SMILES string of the molecule is O=P(O)(O)CCc1cc(CBr)cc(CBr)c1. The van der Waals surface area contributed by atoms with Crippen molar-refractivity contribution in [3.63, 3.8) is 0 Å². The molecule has 3 nitrogen and oxygen atoms in total. The third-order valence-electron chi connectivity index (χ3n) is 2.11. The van der Waals surface area contributed by atoms with E-state index in [1.807, 2.05) is 12.1 Å². The molecule has 0 spiro atoms. The van der Waals surface area contributed by atoms with Gasteiger partial charge in [-0.25, -0.2) is 0 Å². The minimum Gasteiger partial charge on any atom is -0.324 e. The van der Waals surface area contributed by atoms with Gasteiger partial charge in [0, 0.05) is 10.7 Å².